The van der Waals surface area contributed by atoms with E-state index in [2.05, 4.69) is 31.3 Å². The summed E-state index contributed by atoms with van der Waals surface area (Å²) >= 11 is 0. The van der Waals surface area contributed by atoms with Crippen LogP contribution in [0.4, 0.5) is 0 Å². The molecule has 1 N–H and O–H groups in total. The highest BCUT2D eigenvalue weighted by atomic mass is 16.5. The summed E-state index contributed by atoms with van der Waals surface area (Å²) in [5, 5.41) is 2.75. The van der Waals surface area contributed by atoms with E-state index in [4.69, 9.17) is 4.74 Å². The summed E-state index contributed by atoms with van der Waals surface area (Å²) in [6.45, 7) is 10.3. The lowest BCUT2D eigenvalue weighted by Crippen LogP contribution is -2.45. The predicted octanol–water partition coefficient (Wildman–Crippen LogP) is 3.92. The molecule has 1 aromatic rings. The Morgan fingerprint density at radius 3 is 2.25 bits per heavy atom. The maximum absolute atomic E-state index is 12.1. The maximum atomic E-state index is 12.1. The van der Waals surface area contributed by atoms with Crippen molar-refractivity contribution in [2.24, 2.45) is 5.92 Å². The number of benzene rings is 1. The van der Waals surface area contributed by atoms with Gasteiger partial charge >= 0.3 is 5.97 Å². The van der Waals surface area contributed by atoms with Crippen LogP contribution < -0.4 is 5.32 Å². The summed E-state index contributed by atoms with van der Waals surface area (Å²) in [7, 11) is 0. The van der Waals surface area contributed by atoms with E-state index in [9.17, 15) is 9.59 Å². The molecule has 24 heavy (non-hydrogen) atoms. The second-order valence-electron chi connectivity index (χ2n) is 6.28. The number of ether oxygens (including phenoxy) is 1. The molecule has 2 atom stereocenters. The van der Waals surface area contributed by atoms with Crippen molar-refractivity contribution in [3.05, 3.63) is 41.5 Å². The minimum absolute atomic E-state index is 0.0201. The molecule has 132 valence electrons. The van der Waals surface area contributed by atoms with Crippen LogP contribution in [0.15, 0.2) is 30.3 Å². The molecule has 0 aliphatic carbocycles. The Labute approximate surface area is 145 Å². The standard InChI is InChI=1S/C20H29NO3/c1-6-15(5)19(20(23)24-7-2)21-18(22)13-10-16-8-11-17(12-9-16)14(3)4/h8-15,19H,6-7H2,1-5H3,(H,21,22)/b13-10+/t15-,19-/m0/s1. The highest BCUT2D eigenvalue weighted by Crippen LogP contribution is 2.15. The van der Waals surface area contributed by atoms with Gasteiger partial charge in [-0.05, 0) is 36.0 Å². The van der Waals surface area contributed by atoms with Gasteiger partial charge in [0.1, 0.15) is 6.04 Å². The summed E-state index contributed by atoms with van der Waals surface area (Å²) in [5.41, 5.74) is 2.21. The van der Waals surface area contributed by atoms with Crippen LogP contribution in [0, 0.1) is 5.92 Å². The van der Waals surface area contributed by atoms with Gasteiger partial charge in [0.25, 0.3) is 0 Å². The fourth-order valence-corrected chi connectivity index (χ4v) is 2.27. The molecule has 0 radical (unpaired) electrons. The minimum atomic E-state index is -0.615. The maximum Gasteiger partial charge on any atom is 0.328 e. The van der Waals surface area contributed by atoms with Gasteiger partial charge in [0.15, 0.2) is 0 Å². The van der Waals surface area contributed by atoms with Crippen molar-refractivity contribution in [2.45, 2.75) is 53.0 Å². The molecule has 0 fully saturated rings. The Balaban J connectivity index is 2.72. The average Bonchev–Trinajstić information content (AvgIpc) is 2.57. The van der Waals surface area contributed by atoms with Gasteiger partial charge in [0.05, 0.1) is 6.61 Å². The number of hydrogen-bond donors (Lipinski definition) is 1. The largest absolute Gasteiger partial charge is 0.464 e. The summed E-state index contributed by atoms with van der Waals surface area (Å²) in [6.07, 6.45) is 3.99. The molecule has 0 saturated heterocycles. The Morgan fingerprint density at radius 1 is 1.12 bits per heavy atom. The fourth-order valence-electron chi connectivity index (χ4n) is 2.27. The molecule has 0 heterocycles. The molecule has 1 aromatic carbocycles. The highest BCUT2D eigenvalue weighted by molar-refractivity contribution is 5.94. The van der Waals surface area contributed by atoms with Gasteiger partial charge in [-0.2, -0.15) is 0 Å². The van der Waals surface area contributed by atoms with Gasteiger partial charge in [0, 0.05) is 6.08 Å². The molecule has 0 aliphatic rings. The molecule has 0 unspecified atom stereocenters. The normalized spacial score (nSPS) is 13.8. The first-order chi connectivity index (χ1) is 11.4. The van der Waals surface area contributed by atoms with Crippen molar-refractivity contribution >= 4 is 18.0 Å². The zero-order valence-electron chi connectivity index (χ0n) is 15.3. The van der Waals surface area contributed by atoms with E-state index in [1.807, 2.05) is 26.0 Å². The number of rotatable bonds is 8. The lowest BCUT2D eigenvalue weighted by atomic mass is 9.99. The van der Waals surface area contributed by atoms with E-state index in [0.717, 1.165) is 12.0 Å². The van der Waals surface area contributed by atoms with Crippen molar-refractivity contribution in [1.29, 1.82) is 0 Å². The van der Waals surface area contributed by atoms with Gasteiger partial charge in [-0.25, -0.2) is 4.79 Å². The molecule has 0 spiro atoms. The van der Waals surface area contributed by atoms with E-state index in [1.165, 1.54) is 11.6 Å². The molecule has 0 aromatic heterocycles. The molecule has 1 rings (SSSR count). The third-order valence-corrected chi connectivity index (χ3v) is 4.08. The van der Waals surface area contributed by atoms with Gasteiger partial charge in [-0.15, -0.1) is 0 Å². The SMILES string of the molecule is CCOC(=O)[C@@H](NC(=O)/C=C/c1ccc(C(C)C)cc1)[C@@H](C)CC. The van der Waals surface area contributed by atoms with Crippen LogP contribution in [-0.4, -0.2) is 24.5 Å². The Morgan fingerprint density at radius 2 is 1.75 bits per heavy atom. The minimum Gasteiger partial charge on any atom is -0.464 e. The van der Waals surface area contributed by atoms with Gasteiger partial charge in [-0.1, -0.05) is 58.4 Å². The summed E-state index contributed by atoms with van der Waals surface area (Å²) in [5.74, 6) is -0.171. The van der Waals surface area contributed by atoms with Crippen molar-refractivity contribution < 1.29 is 14.3 Å². The molecular formula is C20H29NO3. The zero-order valence-corrected chi connectivity index (χ0v) is 15.3. The third kappa shape index (κ3) is 6.19. The van der Waals surface area contributed by atoms with E-state index in [-0.39, 0.29) is 17.8 Å². The van der Waals surface area contributed by atoms with Gasteiger partial charge < -0.3 is 10.1 Å². The van der Waals surface area contributed by atoms with E-state index >= 15 is 0 Å². The zero-order chi connectivity index (χ0) is 18.1. The molecule has 0 bridgehead atoms. The second-order valence-corrected chi connectivity index (χ2v) is 6.28. The Bertz CT molecular complexity index is 561. The Kier molecular flexibility index (Phi) is 8.24. The highest BCUT2D eigenvalue weighted by Gasteiger charge is 2.26. The number of esters is 1. The summed E-state index contributed by atoms with van der Waals surface area (Å²) < 4.78 is 5.05. The average molecular weight is 331 g/mol. The molecule has 0 aliphatic heterocycles. The van der Waals surface area contributed by atoms with Crippen LogP contribution in [0.3, 0.4) is 0 Å². The first kappa shape index (κ1) is 19.9. The van der Waals surface area contributed by atoms with Gasteiger partial charge in [0.2, 0.25) is 5.91 Å². The van der Waals surface area contributed by atoms with Crippen LogP contribution in [0.25, 0.3) is 6.08 Å². The van der Waals surface area contributed by atoms with Crippen LogP contribution in [0.2, 0.25) is 0 Å². The second kappa shape index (κ2) is 9.91. The van der Waals surface area contributed by atoms with Crippen molar-refractivity contribution in [1.82, 2.24) is 5.32 Å². The van der Waals surface area contributed by atoms with Crippen LogP contribution in [-0.2, 0) is 14.3 Å². The van der Waals surface area contributed by atoms with E-state index < -0.39 is 6.04 Å². The summed E-state index contributed by atoms with van der Waals surface area (Å²) in [6, 6.07) is 7.47. The number of hydrogen-bond acceptors (Lipinski definition) is 3. The predicted molar refractivity (Wildman–Crippen MR) is 97.6 cm³/mol. The number of nitrogens with one attached hydrogen (secondary N) is 1. The Hall–Kier alpha value is -2.10. The lowest BCUT2D eigenvalue weighted by molar-refractivity contribution is -0.148. The van der Waals surface area contributed by atoms with Crippen molar-refractivity contribution in [3.63, 3.8) is 0 Å². The number of carbonyl (C=O) groups excluding carboxylic acids is 2. The molecule has 1 amide bonds. The van der Waals surface area contributed by atoms with Crippen molar-refractivity contribution in [3.8, 4) is 0 Å². The van der Waals surface area contributed by atoms with Crippen LogP contribution >= 0.6 is 0 Å². The smallest absolute Gasteiger partial charge is 0.328 e. The molecule has 4 nitrogen and oxygen atoms in total. The summed E-state index contributed by atoms with van der Waals surface area (Å²) in [4.78, 5) is 24.1. The first-order valence-electron chi connectivity index (χ1n) is 8.64. The van der Waals surface area contributed by atoms with Crippen LogP contribution in [0.1, 0.15) is 58.1 Å². The van der Waals surface area contributed by atoms with Gasteiger partial charge in [-0.3, -0.25) is 4.79 Å². The number of amides is 1. The van der Waals surface area contributed by atoms with Crippen molar-refractivity contribution in [2.75, 3.05) is 6.61 Å². The fraction of sp³-hybridized carbons (Fsp3) is 0.500. The lowest BCUT2D eigenvalue weighted by Gasteiger charge is -2.21. The topological polar surface area (TPSA) is 55.4 Å². The van der Waals surface area contributed by atoms with Crippen LogP contribution in [0.5, 0.6) is 0 Å². The monoisotopic (exact) mass is 331 g/mol. The number of carbonyl (C=O) groups is 2. The first-order valence-corrected chi connectivity index (χ1v) is 8.64. The molecule has 0 saturated carbocycles. The molecule has 4 heteroatoms. The molecular weight excluding hydrogens is 302 g/mol. The quantitative estimate of drug-likeness (QED) is 0.580. The van der Waals surface area contributed by atoms with E-state index in [1.54, 1.807) is 13.0 Å². The van der Waals surface area contributed by atoms with E-state index in [0.29, 0.717) is 12.5 Å². The third-order valence-electron chi connectivity index (χ3n) is 4.08.